The van der Waals surface area contributed by atoms with Crippen LogP contribution in [-0.2, 0) is 19.0 Å². The van der Waals surface area contributed by atoms with Gasteiger partial charge in [-0.05, 0) is 6.92 Å². The molecule has 1 heterocycles. The lowest BCUT2D eigenvalue weighted by Gasteiger charge is -2.34. The molecule has 1 saturated heterocycles. The number of aliphatic hydroxyl groups is 2. The summed E-state index contributed by atoms with van der Waals surface area (Å²) in [6.07, 6.45) is -6.36. The molecule has 102 valence electrons. The maximum Gasteiger partial charge on any atom is 0.523 e. The highest BCUT2D eigenvalue weighted by molar-refractivity contribution is 7.87. The molecule has 1 aliphatic rings. The van der Waals surface area contributed by atoms with Crippen LogP contribution in [-0.4, -0.2) is 48.7 Å². The molecule has 0 spiro atoms. The summed E-state index contributed by atoms with van der Waals surface area (Å²) in [6, 6.07) is 0. The normalized spacial score (nSPS) is 35.9. The molecule has 0 aromatic rings. The molecule has 0 aromatic carbocycles. The standard InChI is InChI=1S/C7H11F3O6S/c1-3-6(12)4(2-5(11)15-3)16-17(13,14)7(8,9)10/h3-6,11-12H,2H2,1H3/t3-,4-,5-,6+/m1/s1. The fourth-order valence-electron chi connectivity index (χ4n) is 1.34. The molecule has 0 aliphatic carbocycles. The van der Waals surface area contributed by atoms with E-state index in [1.807, 2.05) is 0 Å². The van der Waals surface area contributed by atoms with Crippen molar-refractivity contribution < 1.29 is 40.7 Å². The summed E-state index contributed by atoms with van der Waals surface area (Å²) in [5, 5.41) is 18.5. The van der Waals surface area contributed by atoms with Gasteiger partial charge < -0.3 is 14.9 Å². The molecule has 6 nitrogen and oxygen atoms in total. The van der Waals surface area contributed by atoms with Gasteiger partial charge >= 0.3 is 15.6 Å². The number of halogens is 3. The number of hydrogen-bond acceptors (Lipinski definition) is 6. The van der Waals surface area contributed by atoms with Crippen molar-refractivity contribution in [2.24, 2.45) is 0 Å². The van der Waals surface area contributed by atoms with Crippen molar-refractivity contribution in [2.75, 3.05) is 0 Å². The molecule has 0 saturated carbocycles. The topological polar surface area (TPSA) is 93.1 Å². The fraction of sp³-hybridized carbons (Fsp3) is 1.00. The van der Waals surface area contributed by atoms with E-state index in [0.29, 0.717) is 0 Å². The average molecular weight is 280 g/mol. The first-order valence-electron chi connectivity index (χ1n) is 4.56. The molecule has 1 rings (SSSR count). The highest BCUT2D eigenvalue weighted by atomic mass is 32.2. The van der Waals surface area contributed by atoms with Crippen molar-refractivity contribution in [3.05, 3.63) is 0 Å². The summed E-state index contributed by atoms with van der Waals surface area (Å²) < 4.78 is 66.0. The fourth-order valence-corrected chi connectivity index (χ4v) is 1.96. The van der Waals surface area contributed by atoms with Crippen molar-refractivity contribution >= 4 is 10.1 Å². The van der Waals surface area contributed by atoms with Crippen LogP contribution in [0.25, 0.3) is 0 Å². The largest absolute Gasteiger partial charge is 0.523 e. The first-order valence-corrected chi connectivity index (χ1v) is 5.96. The third kappa shape index (κ3) is 3.28. The Kier molecular flexibility index (Phi) is 4.04. The number of aliphatic hydroxyl groups excluding tert-OH is 2. The van der Waals surface area contributed by atoms with E-state index in [1.54, 1.807) is 0 Å². The third-order valence-corrected chi connectivity index (χ3v) is 3.27. The molecule has 0 unspecified atom stereocenters. The Balaban J connectivity index is 2.81. The van der Waals surface area contributed by atoms with Gasteiger partial charge in [0, 0.05) is 6.42 Å². The van der Waals surface area contributed by atoms with Gasteiger partial charge in [-0.1, -0.05) is 0 Å². The highest BCUT2D eigenvalue weighted by Crippen LogP contribution is 2.30. The molecule has 0 bridgehead atoms. The Morgan fingerprint density at radius 3 is 2.35 bits per heavy atom. The highest BCUT2D eigenvalue weighted by Gasteiger charge is 2.50. The van der Waals surface area contributed by atoms with Crippen LogP contribution in [0.3, 0.4) is 0 Å². The van der Waals surface area contributed by atoms with Crippen LogP contribution in [0.4, 0.5) is 13.2 Å². The summed E-state index contributed by atoms with van der Waals surface area (Å²) in [5.74, 6) is 0. The zero-order chi connectivity index (χ0) is 13.4. The van der Waals surface area contributed by atoms with Crippen LogP contribution in [0.15, 0.2) is 0 Å². The monoisotopic (exact) mass is 280 g/mol. The molecular formula is C7H11F3O6S. The van der Waals surface area contributed by atoms with Gasteiger partial charge in [0.1, 0.15) is 12.2 Å². The molecular weight excluding hydrogens is 269 g/mol. The van der Waals surface area contributed by atoms with Gasteiger partial charge in [0.15, 0.2) is 6.29 Å². The number of alkyl halides is 3. The zero-order valence-electron chi connectivity index (χ0n) is 8.59. The smallest absolute Gasteiger partial charge is 0.388 e. The minimum atomic E-state index is -5.80. The molecule has 0 radical (unpaired) electrons. The zero-order valence-corrected chi connectivity index (χ0v) is 9.40. The molecule has 4 atom stereocenters. The van der Waals surface area contributed by atoms with Gasteiger partial charge in [0.2, 0.25) is 0 Å². The predicted molar refractivity (Wildman–Crippen MR) is 47.0 cm³/mol. The SMILES string of the molecule is C[C@H]1O[C@@H](O)C[C@@H](OS(=O)(=O)C(F)(F)F)[C@H]1O. The molecule has 2 N–H and O–H groups in total. The van der Waals surface area contributed by atoms with Crippen LogP contribution in [0, 0.1) is 0 Å². The van der Waals surface area contributed by atoms with Gasteiger partial charge in [0.25, 0.3) is 0 Å². The molecule has 0 aromatic heterocycles. The summed E-state index contributed by atoms with van der Waals surface area (Å²) in [7, 11) is -5.80. The summed E-state index contributed by atoms with van der Waals surface area (Å²) in [5.41, 5.74) is -5.57. The van der Waals surface area contributed by atoms with Crippen LogP contribution in [0.2, 0.25) is 0 Å². The lowest BCUT2D eigenvalue weighted by atomic mass is 10.0. The lowest BCUT2D eigenvalue weighted by molar-refractivity contribution is -0.223. The molecule has 17 heavy (non-hydrogen) atoms. The average Bonchev–Trinajstić information content (AvgIpc) is 2.11. The van der Waals surface area contributed by atoms with Gasteiger partial charge in [-0.25, -0.2) is 0 Å². The Labute approximate surface area is 95.1 Å². The minimum Gasteiger partial charge on any atom is -0.388 e. The predicted octanol–water partition coefficient (Wildman–Crippen LogP) is -0.291. The van der Waals surface area contributed by atoms with Crippen LogP contribution in [0.1, 0.15) is 13.3 Å². The minimum absolute atomic E-state index is 0.569. The van der Waals surface area contributed by atoms with Crippen LogP contribution >= 0.6 is 0 Å². The van der Waals surface area contributed by atoms with E-state index in [2.05, 4.69) is 8.92 Å². The van der Waals surface area contributed by atoms with Crippen molar-refractivity contribution in [1.82, 2.24) is 0 Å². The maximum absolute atomic E-state index is 12.0. The number of rotatable bonds is 2. The van der Waals surface area contributed by atoms with E-state index in [-0.39, 0.29) is 0 Å². The molecule has 10 heteroatoms. The van der Waals surface area contributed by atoms with Crippen molar-refractivity contribution in [1.29, 1.82) is 0 Å². The first-order chi connectivity index (χ1) is 7.54. The second-order valence-corrected chi connectivity index (χ2v) is 5.12. The third-order valence-electron chi connectivity index (χ3n) is 2.20. The summed E-state index contributed by atoms with van der Waals surface area (Å²) in [4.78, 5) is 0. The lowest BCUT2D eigenvalue weighted by Crippen LogP contribution is -2.49. The Morgan fingerprint density at radius 2 is 1.88 bits per heavy atom. The Hall–Kier alpha value is -0.420. The second kappa shape index (κ2) is 4.69. The van der Waals surface area contributed by atoms with Gasteiger partial charge in [-0.3, -0.25) is 4.18 Å². The van der Waals surface area contributed by atoms with Crippen molar-refractivity contribution in [2.45, 2.75) is 43.5 Å². The van der Waals surface area contributed by atoms with Crippen molar-refractivity contribution in [3.8, 4) is 0 Å². The molecule has 1 aliphatic heterocycles. The van der Waals surface area contributed by atoms with Crippen molar-refractivity contribution in [3.63, 3.8) is 0 Å². The quantitative estimate of drug-likeness (QED) is 0.533. The van der Waals surface area contributed by atoms with Crippen LogP contribution < -0.4 is 0 Å². The van der Waals surface area contributed by atoms with E-state index in [1.165, 1.54) is 6.92 Å². The van der Waals surface area contributed by atoms with Gasteiger partial charge in [-0.15, -0.1) is 0 Å². The van der Waals surface area contributed by atoms with Gasteiger partial charge in [-0.2, -0.15) is 21.6 Å². The van der Waals surface area contributed by atoms with E-state index in [0.717, 1.165) is 0 Å². The van der Waals surface area contributed by atoms with E-state index in [4.69, 9.17) is 5.11 Å². The van der Waals surface area contributed by atoms with Crippen LogP contribution in [0.5, 0.6) is 0 Å². The number of ether oxygens (including phenoxy) is 1. The Morgan fingerprint density at radius 1 is 1.35 bits per heavy atom. The summed E-state index contributed by atoms with van der Waals surface area (Å²) >= 11 is 0. The van der Waals surface area contributed by atoms with E-state index >= 15 is 0 Å². The van der Waals surface area contributed by atoms with E-state index < -0.39 is 46.6 Å². The van der Waals surface area contributed by atoms with Gasteiger partial charge in [0.05, 0.1) is 6.10 Å². The number of hydrogen-bond donors (Lipinski definition) is 2. The second-order valence-electron chi connectivity index (χ2n) is 3.56. The summed E-state index contributed by atoms with van der Waals surface area (Å²) in [6.45, 7) is 1.27. The molecule has 1 fully saturated rings. The first kappa shape index (κ1) is 14.6. The van der Waals surface area contributed by atoms with E-state index in [9.17, 15) is 26.7 Å². The Bertz CT molecular complexity index is 366. The maximum atomic E-state index is 12.0. The molecule has 0 amide bonds.